The molecular weight excluding hydrogens is 353 g/mol. The molecule has 1 unspecified atom stereocenters. The van der Waals surface area contributed by atoms with Gasteiger partial charge in [-0.05, 0) is 49.2 Å². The number of nitrogens with one attached hydrogen (secondary N) is 1. The van der Waals surface area contributed by atoms with Crippen molar-refractivity contribution in [1.82, 2.24) is 5.32 Å². The van der Waals surface area contributed by atoms with Crippen LogP contribution in [0.5, 0.6) is 0 Å². The van der Waals surface area contributed by atoms with E-state index in [0.717, 1.165) is 27.7 Å². The number of halogens is 3. The summed E-state index contributed by atoms with van der Waals surface area (Å²) in [5.74, 6) is -0.356. The van der Waals surface area contributed by atoms with Gasteiger partial charge < -0.3 is 5.32 Å². The molecule has 0 amide bonds. The Balaban J connectivity index is 2.59. The molecule has 0 fully saturated rings. The van der Waals surface area contributed by atoms with Gasteiger partial charge in [0, 0.05) is 10.0 Å². The summed E-state index contributed by atoms with van der Waals surface area (Å²) in [6.07, 6.45) is 0. The van der Waals surface area contributed by atoms with Crippen LogP contribution in [-0.2, 0) is 0 Å². The highest BCUT2D eigenvalue weighted by Crippen LogP contribution is 2.32. The molecule has 2 rings (SSSR count). The lowest BCUT2D eigenvalue weighted by Crippen LogP contribution is -2.24. The third-order valence-corrected chi connectivity index (χ3v) is 4.71. The standard InChI is InChI=1S/C17H18BrClFN/c1-4-21-17(12-6-5-7-15(19)16(12)20)13-8-11(3)14(18)9-10(13)2/h5-9,17,21H,4H2,1-3H3. The predicted octanol–water partition coefficient (Wildman–Crippen LogP) is 5.56. The van der Waals surface area contributed by atoms with Crippen LogP contribution in [0.2, 0.25) is 5.02 Å². The lowest BCUT2D eigenvalue weighted by atomic mass is 9.93. The smallest absolute Gasteiger partial charge is 0.146 e. The zero-order valence-corrected chi connectivity index (χ0v) is 14.6. The maximum atomic E-state index is 14.4. The van der Waals surface area contributed by atoms with Crippen LogP contribution in [0.4, 0.5) is 4.39 Å². The van der Waals surface area contributed by atoms with Gasteiger partial charge in [0.15, 0.2) is 0 Å². The summed E-state index contributed by atoms with van der Waals surface area (Å²) in [5.41, 5.74) is 3.88. The number of benzene rings is 2. The van der Waals surface area contributed by atoms with Crippen LogP contribution >= 0.6 is 27.5 Å². The van der Waals surface area contributed by atoms with Crippen LogP contribution in [0.1, 0.15) is 35.2 Å². The van der Waals surface area contributed by atoms with Crippen molar-refractivity contribution in [3.63, 3.8) is 0 Å². The maximum Gasteiger partial charge on any atom is 0.146 e. The van der Waals surface area contributed by atoms with E-state index in [-0.39, 0.29) is 16.9 Å². The summed E-state index contributed by atoms with van der Waals surface area (Å²) in [6.45, 7) is 6.82. The first-order valence-corrected chi connectivity index (χ1v) is 8.06. The molecule has 0 bridgehead atoms. The molecule has 0 spiro atoms. The van der Waals surface area contributed by atoms with Crippen molar-refractivity contribution in [3.05, 3.63) is 67.9 Å². The molecule has 112 valence electrons. The quantitative estimate of drug-likeness (QED) is 0.743. The number of hydrogen-bond acceptors (Lipinski definition) is 1. The largest absolute Gasteiger partial charge is 0.306 e. The van der Waals surface area contributed by atoms with Gasteiger partial charge in [-0.15, -0.1) is 0 Å². The van der Waals surface area contributed by atoms with Crippen LogP contribution in [0.3, 0.4) is 0 Å². The molecule has 0 aliphatic rings. The summed E-state index contributed by atoms with van der Waals surface area (Å²) in [5, 5.41) is 3.51. The van der Waals surface area contributed by atoms with Gasteiger partial charge in [-0.3, -0.25) is 0 Å². The number of hydrogen-bond donors (Lipinski definition) is 1. The van der Waals surface area contributed by atoms with Crippen LogP contribution in [0.15, 0.2) is 34.8 Å². The minimum absolute atomic E-state index is 0.155. The second kappa shape index (κ2) is 6.91. The van der Waals surface area contributed by atoms with Crippen LogP contribution in [0.25, 0.3) is 0 Å². The third-order valence-electron chi connectivity index (χ3n) is 3.56. The van der Waals surface area contributed by atoms with Gasteiger partial charge in [-0.1, -0.05) is 52.7 Å². The van der Waals surface area contributed by atoms with E-state index in [0.29, 0.717) is 5.56 Å². The van der Waals surface area contributed by atoms with E-state index in [4.69, 9.17) is 11.6 Å². The van der Waals surface area contributed by atoms with E-state index in [1.165, 1.54) is 0 Å². The van der Waals surface area contributed by atoms with Crippen LogP contribution < -0.4 is 5.32 Å². The van der Waals surface area contributed by atoms with Gasteiger partial charge in [0.05, 0.1) is 11.1 Å². The molecular formula is C17H18BrClFN. The zero-order valence-electron chi connectivity index (χ0n) is 12.3. The molecule has 1 nitrogen and oxygen atoms in total. The summed E-state index contributed by atoms with van der Waals surface area (Å²) >= 11 is 9.47. The summed E-state index contributed by atoms with van der Waals surface area (Å²) < 4.78 is 15.5. The molecule has 0 radical (unpaired) electrons. The van der Waals surface area contributed by atoms with Crippen molar-refractivity contribution in [3.8, 4) is 0 Å². The van der Waals surface area contributed by atoms with Crippen molar-refractivity contribution in [1.29, 1.82) is 0 Å². The lowest BCUT2D eigenvalue weighted by Gasteiger charge is -2.23. The lowest BCUT2D eigenvalue weighted by molar-refractivity contribution is 0.558. The van der Waals surface area contributed by atoms with Gasteiger partial charge in [0.25, 0.3) is 0 Å². The molecule has 0 heterocycles. The van der Waals surface area contributed by atoms with Crippen molar-refractivity contribution < 1.29 is 4.39 Å². The van der Waals surface area contributed by atoms with Gasteiger partial charge in [-0.2, -0.15) is 0 Å². The van der Waals surface area contributed by atoms with E-state index < -0.39 is 0 Å². The third kappa shape index (κ3) is 3.47. The fourth-order valence-corrected chi connectivity index (χ4v) is 3.09. The normalized spacial score (nSPS) is 12.5. The molecule has 2 aromatic rings. The van der Waals surface area contributed by atoms with Crippen LogP contribution in [-0.4, -0.2) is 6.54 Å². The number of rotatable bonds is 4. The molecule has 0 aliphatic heterocycles. The fraction of sp³-hybridized carbons (Fsp3) is 0.294. The first kappa shape index (κ1) is 16.5. The fourth-order valence-electron chi connectivity index (χ4n) is 2.45. The Morgan fingerprint density at radius 2 is 1.90 bits per heavy atom. The Bertz CT molecular complexity index is 657. The highest BCUT2D eigenvalue weighted by Gasteiger charge is 2.20. The van der Waals surface area contributed by atoms with Gasteiger partial charge >= 0.3 is 0 Å². The topological polar surface area (TPSA) is 12.0 Å². The summed E-state index contributed by atoms with van der Waals surface area (Å²) in [6, 6.07) is 9.09. The average molecular weight is 371 g/mol. The molecule has 1 atom stereocenters. The van der Waals surface area contributed by atoms with Gasteiger partial charge in [-0.25, -0.2) is 4.39 Å². The predicted molar refractivity (Wildman–Crippen MR) is 90.5 cm³/mol. The van der Waals surface area contributed by atoms with Crippen LogP contribution in [0, 0.1) is 19.7 Å². The van der Waals surface area contributed by atoms with E-state index in [2.05, 4.69) is 33.4 Å². The highest BCUT2D eigenvalue weighted by atomic mass is 79.9. The highest BCUT2D eigenvalue weighted by molar-refractivity contribution is 9.10. The second-order valence-electron chi connectivity index (χ2n) is 5.09. The monoisotopic (exact) mass is 369 g/mol. The number of aryl methyl sites for hydroxylation is 2. The molecule has 0 saturated carbocycles. The second-order valence-corrected chi connectivity index (χ2v) is 6.35. The molecule has 0 saturated heterocycles. The molecule has 0 aromatic heterocycles. The van der Waals surface area contributed by atoms with Crippen molar-refractivity contribution in [2.45, 2.75) is 26.8 Å². The minimum Gasteiger partial charge on any atom is -0.306 e. The Labute approximate surface area is 138 Å². The molecule has 21 heavy (non-hydrogen) atoms. The average Bonchev–Trinajstić information content (AvgIpc) is 2.44. The van der Waals surface area contributed by atoms with Gasteiger partial charge in [0.1, 0.15) is 5.82 Å². The first-order valence-electron chi connectivity index (χ1n) is 6.89. The Kier molecular flexibility index (Phi) is 5.42. The summed E-state index contributed by atoms with van der Waals surface area (Å²) in [7, 11) is 0. The SMILES string of the molecule is CCNC(c1cc(C)c(Br)cc1C)c1cccc(Cl)c1F. The van der Waals surface area contributed by atoms with Gasteiger partial charge in [0.2, 0.25) is 0 Å². The maximum absolute atomic E-state index is 14.4. The van der Waals surface area contributed by atoms with Crippen molar-refractivity contribution in [2.75, 3.05) is 6.54 Å². The minimum atomic E-state index is -0.356. The van der Waals surface area contributed by atoms with E-state index in [9.17, 15) is 4.39 Å². The van der Waals surface area contributed by atoms with E-state index in [1.54, 1.807) is 18.2 Å². The molecule has 0 aliphatic carbocycles. The zero-order chi connectivity index (χ0) is 15.6. The molecule has 4 heteroatoms. The Morgan fingerprint density at radius 1 is 1.19 bits per heavy atom. The van der Waals surface area contributed by atoms with Crippen molar-refractivity contribution in [2.24, 2.45) is 0 Å². The molecule has 2 aromatic carbocycles. The van der Waals surface area contributed by atoms with Crippen molar-refractivity contribution >= 4 is 27.5 Å². The Morgan fingerprint density at radius 3 is 2.57 bits per heavy atom. The molecule has 1 N–H and O–H groups in total. The van der Waals surface area contributed by atoms with E-state index >= 15 is 0 Å². The Hall–Kier alpha value is -0.900. The summed E-state index contributed by atoms with van der Waals surface area (Å²) in [4.78, 5) is 0. The first-order chi connectivity index (χ1) is 9.95. The van der Waals surface area contributed by atoms with E-state index in [1.807, 2.05) is 20.8 Å².